The third-order valence-corrected chi connectivity index (χ3v) is 16.3. The van der Waals surface area contributed by atoms with Crippen LogP contribution in [0.1, 0.15) is 16.7 Å². The van der Waals surface area contributed by atoms with Crippen molar-refractivity contribution in [2.24, 2.45) is 0 Å². The minimum absolute atomic E-state index is 0.0171. The molecule has 0 atom stereocenters. The van der Waals surface area contributed by atoms with Crippen molar-refractivity contribution in [3.05, 3.63) is 217 Å². The number of nitrogens with zero attached hydrogens (tertiary/aromatic N) is 3. The second kappa shape index (κ2) is 13.9. The molecule has 0 N–H and O–H groups in total. The van der Waals surface area contributed by atoms with Gasteiger partial charge in [0.2, 0.25) is 0 Å². The van der Waals surface area contributed by atoms with Crippen molar-refractivity contribution in [2.45, 2.75) is 20.8 Å². The first-order valence-electron chi connectivity index (χ1n) is 24.7. The zero-order valence-corrected chi connectivity index (χ0v) is 39.0. The van der Waals surface area contributed by atoms with Gasteiger partial charge in [0.1, 0.15) is 11.5 Å². The molecule has 16 rings (SSSR count). The highest BCUT2D eigenvalue weighted by molar-refractivity contribution is 7.05. The van der Waals surface area contributed by atoms with Crippen LogP contribution in [0.4, 0.5) is 34.1 Å². The maximum atomic E-state index is 7.16. The summed E-state index contributed by atoms with van der Waals surface area (Å²) in [6.45, 7) is 6.71. The lowest BCUT2D eigenvalue weighted by molar-refractivity contribution is 0.488. The SMILES string of the molecule is Cc1cc(C)c(B2c3ccccc3Oc3cc4c(cc32)B2c3ccc(-c5ccccc5)cc3N3c5ccccc5B5c6c(cc(c2c63)N4c2ccccc2)-n2c3ccccc3c3cccc5c32)c(C)c1. The van der Waals surface area contributed by atoms with Gasteiger partial charge < -0.3 is 19.1 Å². The number of para-hydroxylation sites is 5. The fraction of sp³-hybridized carbons (Fsp3) is 0.0476. The second-order valence-electron chi connectivity index (χ2n) is 20.1. The molecule has 0 unspecified atom stereocenters. The summed E-state index contributed by atoms with van der Waals surface area (Å²) in [6, 6.07) is 75.4. The Bertz CT molecular complexity index is 4100. The molecule has 324 valence electrons. The fourth-order valence-electron chi connectivity index (χ4n) is 13.8. The topological polar surface area (TPSA) is 20.6 Å². The van der Waals surface area contributed by atoms with Gasteiger partial charge in [-0.15, -0.1) is 0 Å². The van der Waals surface area contributed by atoms with Crippen molar-refractivity contribution in [1.82, 2.24) is 4.57 Å². The first-order chi connectivity index (χ1) is 34.5. The Balaban J connectivity index is 1.07. The Labute approximate surface area is 408 Å². The van der Waals surface area contributed by atoms with E-state index in [9.17, 15) is 0 Å². The van der Waals surface area contributed by atoms with Gasteiger partial charge in [0.25, 0.3) is 20.1 Å². The van der Waals surface area contributed by atoms with E-state index in [2.05, 4.69) is 235 Å². The van der Waals surface area contributed by atoms with Crippen molar-refractivity contribution < 1.29 is 4.74 Å². The molecule has 1 aromatic heterocycles. The third kappa shape index (κ3) is 4.94. The Kier molecular flexibility index (Phi) is 7.63. The summed E-state index contributed by atoms with van der Waals surface area (Å²) in [5.41, 5.74) is 29.1. The summed E-state index contributed by atoms with van der Waals surface area (Å²) < 4.78 is 9.76. The fourth-order valence-corrected chi connectivity index (χ4v) is 13.8. The van der Waals surface area contributed by atoms with Crippen molar-refractivity contribution in [1.29, 1.82) is 0 Å². The van der Waals surface area contributed by atoms with Gasteiger partial charge in [0.15, 0.2) is 0 Å². The van der Waals surface area contributed by atoms with Crippen LogP contribution in [0.15, 0.2) is 200 Å². The standard InChI is InChI=1S/C63H42B3N3O/c1-37-31-38(2)59(39(3)32-37)66-47-24-12-15-28-57(47)70-58-36-54-49(34-50(58)66)65-46-30-29-41(40-17-6-4-7-18-40)33-53(46)69-52-27-14-11-23-45(52)64-48-25-16-22-44-43-21-10-13-26-51(43)68(62(44)48)56-35-55(60(65)63(69)61(56)64)67(54)42-19-8-5-9-20-42/h4-36H,1-3H3. The van der Waals surface area contributed by atoms with Gasteiger partial charge in [-0.05, 0) is 118 Å². The van der Waals surface area contributed by atoms with Crippen LogP contribution >= 0.6 is 0 Å². The molecule has 5 aliphatic rings. The summed E-state index contributed by atoms with van der Waals surface area (Å²) in [5, 5.41) is 2.57. The van der Waals surface area contributed by atoms with E-state index in [1.54, 1.807) is 0 Å². The normalized spacial score (nSPS) is 13.9. The molecule has 0 amide bonds. The highest BCUT2D eigenvalue weighted by Crippen LogP contribution is 2.49. The molecule has 0 aliphatic carbocycles. The quantitative estimate of drug-likeness (QED) is 0.165. The van der Waals surface area contributed by atoms with Gasteiger partial charge in [-0.3, -0.25) is 0 Å². The number of aryl methyl sites for hydroxylation is 3. The van der Waals surface area contributed by atoms with Crippen molar-refractivity contribution in [2.75, 3.05) is 9.80 Å². The number of aromatic nitrogens is 1. The minimum Gasteiger partial charge on any atom is -0.458 e. The lowest BCUT2D eigenvalue weighted by atomic mass is 9.28. The van der Waals surface area contributed by atoms with Crippen LogP contribution in [0.2, 0.25) is 0 Å². The summed E-state index contributed by atoms with van der Waals surface area (Å²) in [6.07, 6.45) is 0. The molecule has 0 saturated carbocycles. The van der Waals surface area contributed by atoms with Gasteiger partial charge in [-0.25, -0.2) is 0 Å². The van der Waals surface area contributed by atoms with E-state index in [1.807, 2.05) is 0 Å². The molecule has 0 saturated heterocycles. The third-order valence-electron chi connectivity index (χ3n) is 16.3. The summed E-state index contributed by atoms with van der Waals surface area (Å²) in [4.78, 5) is 5.21. The molecule has 6 heterocycles. The first-order valence-corrected chi connectivity index (χ1v) is 24.7. The molecular weight excluding hydrogens is 847 g/mol. The Hall–Kier alpha value is -8.41. The Morgan fingerprint density at radius 3 is 1.86 bits per heavy atom. The van der Waals surface area contributed by atoms with Crippen LogP contribution in [0.3, 0.4) is 0 Å². The smallest absolute Gasteiger partial charge is 0.252 e. The van der Waals surface area contributed by atoms with E-state index in [-0.39, 0.29) is 20.1 Å². The molecule has 70 heavy (non-hydrogen) atoms. The summed E-state index contributed by atoms with van der Waals surface area (Å²) in [7, 11) is 0. The summed E-state index contributed by atoms with van der Waals surface area (Å²) >= 11 is 0. The minimum atomic E-state index is -0.0887. The predicted molar refractivity (Wildman–Crippen MR) is 297 cm³/mol. The van der Waals surface area contributed by atoms with E-state index in [0.29, 0.717) is 0 Å². The van der Waals surface area contributed by atoms with Crippen molar-refractivity contribution in [3.63, 3.8) is 0 Å². The first kappa shape index (κ1) is 38.5. The molecule has 0 bridgehead atoms. The molecule has 7 heteroatoms. The second-order valence-corrected chi connectivity index (χ2v) is 20.1. The number of benzene rings is 10. The monoisotopic (exact) mass is 889 g/mol. The molecule has 10 aromatic carbocycles. The van der Waals surface area contributed by atoms with Crippen LogP contribution < -0.4 is 63.7 Å². The predicted octanol–water partition coefficient (Wildman–Crippen LogP) is 9.22. The molecule has 4 nitrogen and oxygen atoms in total. The van der Waals surface area contributed by atoms with E-state index in [4.69, 9.17) is 4.74 Å². The number of fused-ring (bicyclic) bond motifs is 15. The van der Waals surface area contributed by atoms with Crippen molar-refractivity contribution >= 4 is 125 Å². The Morgan fingerprint density at radius 1 is 0.371 bits per heavy atom. The van der Waals surface area contributed by atoms with Crippen LogP contribution in [-0.4, -0.2) is 24.7 Å². The average Bonchev–Trinajstić information content (AvgIpc) is 3.74. The van der Waals surface area contributed by atoms with E-state index in [0.717, 1.165) is 22.9 Å². The number of anilines is 6. The van der Waals surface area contributed by atoms with Crippen LogP contribution in [0, 0.1) is 20.8 Å². The average molecular weight is 889 g/mol. The zero-order chi connectivity index (χ0) is 46.1. The largest absolute Gasteiger partial charge is 0.458 e. The number of hydrogen-bond acceptors (Lipinski definition) is 3. The lowest BCUT2D eigenvalue weighted by Crippen LogP contribution is -2.69. The van der Waals surface area contributed by atoms with Gasteiger partial charge in [-0.1, -0.05) is 174 Å². The van der Waals surface area contributed by atoms with Gasteiger partial charge in [-0.2, -0.15) is 0 Å². The molecule has 5 aliphatic heterocycles. The Morgan fingerprint density at radius 2 is 1.01 bits per heavy atom. The van der Waals surface area contributed by atoms with E-state index in [1.165, 1.54) is 127 Å². The van der Waals surface area contributed by atoms with E-state index < -0.39 is 0 Å². The maximum Gasteiger partial charge on any atom is 0.252 e. The van der Waals surface area contributed by atoms with E-state index >= 15 is 0 Å². The van der Waals surface area contributed by atoms with Crippen molar-refractivity contribution in [3.8, 4) is 28.3 Å². The highest BCUT2D eigenvalue weighted by atomic mass is 16.5. The zero-order valence-electron chi connectivity index (χ0n) is 39.0. The van der Waals surface area contributed by atoms with Gasteiger partial charge in [0.05, 0.1) is 5.52 Å². The molecule has 0 fully saturated rings. The number of ether oxygens (including phenoxy) is 1. The molecule has 11 aromatic rings. The van der Waals surface area contributed by atoms with Gasteiger partial charge >= 0.3 is 0 Å². The number of hydrogen-bond donors (Lipinski definition) is 0. The van der Waals surface area contributed by atoms with Crippen LogP contribution in [0.25, 0.3) is 38.6 Å². The number of rotatable bonds is 3. The van der Waals surface area contributed by atoms with Gasteiger partial charge in [0, 0.05) is 62.2 Å². The van der Waals surface area contributed by atoms with Crippen LogP contribution in [0.5, 0.6) is 11.5 Å². The molecular formula is C63H42B3N3O. The maximum absolute atomic E-state index is 7.16. The molecule has 0 radical (unpaired) electrons. The highest BCUT2D eigenvalue weighted by Gasteiger charge is 2.52. The molecule has 0 spiro atoms. The van der Waals surface area contributed by atoms with Crippen LogP contribution in [-0.2, 0) is 0 Å². The lowest BCUT2D eigenvalue weighted by Gasteiger charge is -2.49. The summed E-state index contributed by atoms with van der Waals surface area (Å²) in [5.74, 6) is 1.82.